The Bertz CT molecular complexity index is 710. The first kappa shape index (κ1) is 16.1. The molecule has 0 aliphatic carbocycles. The van der Waals surface area contributed by atoms with Gasteiger partial charge in [0.25, 0.3) is 0 Å². The molecule has 22 heavy (non-hydrogen) atoms. The van der Waals surface area contributed by atoms with Gasteiger partial charge in [0.05, 0.1) is 5.69 Å². The summed E-state index contributed by atoms with van der Waals surface area (Å²) >= 11 is 0. The van der Waals surface area contributed by atoms with Gasteiger partial charge in [0, 0.05) is 30.1 Å². The molecule has 0 amide bonds. The van der Waals surface area contributed by atoms with E-state index in [0.29, 0.717) is 0 Å². The number of nitrogens with one attached hydrogen (secondary N) is 1. The fourth-order valence-electron chi connectivity index (χ4n) is 2.05. The van der Waals surface area contributed by atoms with Crippen molar-refractivity contribution in [3.8, 4) is 0 Å². The van der Waals surface area contributed by atoms with Crippen LogP contribution in [0.25, 0.3) is 0 Å². The Morgan fingerprint density at radius 3 is 1.73 bits per heavy atom. The molecule has 0 unspecified atom stereocenters. The number of benzene rings is 3. The van der Waals surface area contributed by atoms with Crippen molar-refractivity contribution in [2.45, 2.75) is 0 Å². The molecule has 1 radical (unpaired) electrons. The molecule has 0 atom stereocenters. The summed E-state index contributed by atoms with van der Waals surface area (Å²) in [5.74, 6) is 0.841. The van der Waals surface area contributed by atoms with E-state index >= 15 is 0 Å². The van der Waals surface area contributed by atoms with Crippen LogP contribution < -0.4 is 5.32 Å². The van der Waals surface area contributed by atoms with E-state index in [9.17, 15) is 0 Å². The molecular weight excluding hydrogens is 263 g/mol. The summed E-state index contributed by atoms with van der Waals surface area (Å²) in [6.45, 7) is 0. The number of amidine groups is 1. The van der Waals surface area contributed by atoms with Crippen LogP contribution in [0, 0.1) is 0 Å². The normalized spacial score (nSPS) is 10.6. The van der Waals surface area contributed by atoms with Crippen molar-refractivity contribution in [2.24, 2.45) is 4.99 Å². The number of para-hydroxylation sites is 2. The van der Waals surface area contributed by atoms with Gasteiger partial charge in [-0.25, -0.2) is 4.99 Å². The zero-order valence-electron chi connectivity index (χ0n) is 12.6. The van der Waals surface area contributed by atoms with Gasteiger partial charge in [-0.05, 0) is 24.3 Å². The number of nitrogens with zero attached hydrogens (tertiary/aromatic N) is 1. The van der Waals surface area contributed by atoms with Crippen molar-refractivity contribution in [1.29, 1.82) is 0 Å². The molecule has 2 nitrogen and oxygen atoms in total. The fourth-order valence-corrected chi connectivity index (χ4v) is 2.05. The predicted octanol–water partition coefficient (Wildman–Crippen LogP) is 4.50. The van der Waals surface area contributed by atoms with Crippen molar-refractivity contribution in [2.75, 3.05) is 5.32 Å². The molecule has 103 valence electrons. The van der Waals surface area contributed by atoms with Crippen molar-refractivity contribution in [3.63, 3.8) is 0 Å². The Labute approximate surface area is 143 Å². The number of aliphatic imine (C=N–C) groups is 1. The molecule has 3 aromatic rings. The van der Waals surface area contributed by atoms with E-state index in [1.165, 1.54) is 0 Å². The van der Waals surface area contributed by atoms with Crippen LogP contribution in [0.5, 0.6) is 0 Å². The SMILES string of the molecule is [Li].c1ccc(N=C(Nc2ccccc2)c2ccccc2)cc1. The van der Waals surface area contributed by atoms with Crippen molar-refractivity contribution in [3.05, 3.63) is 96.6 Å². The largest absolute Gasteiger partial charge is 0.340 e. The summed E-state index contributed by atoms with van der Waals surface area (Å²) in [7, 11) is 0. The summed E-state index contributed by atoms with van der Waals surface area (Å²) in [6.07, 6.45) is 0. The first-order valence-electron chi connectivity index (χ1n) is 6.93. The molecule has 0 saturated heterocycles. The summed E-state index contributed by atoms with van der Waals surface area (Å²) in [5, 5.41) is 3.39. The Hall–Kier alpha value is -2.27. The fraction of sp³-hybridized carbons (Fsp3) is 0. The minimum atomic E-state index is 0. The van der Waals surface area contributed by atoms with E-state index < -0.39 is 0 Å². The van der Waals surface area contributed by atoms with Gasteiger partial charge in [-0.3, -0.25) is 0 Å². The standard InChI is InChI=1S/C19H16N2.Li/c1-4-10-16(11-5-1)19(20-17-12-6-2-7-13-17)21-18-14-8-3-9-15-18;/h1-15H,(H,20,21);. The van der Waals surface area contributed by atoms with E-state index in [1.54, 1.807) is 0 Å². The van der Waals surface area contributed by atoms with Gasteiger partial charge in [0.2, 0.25) is 0 Å². The first-order chi connectivity index (χ1) is 10.4. The van der Waals surface area contributed by atoms with Crippen LogP contribution in [0.2, 0.25) is 0 Å². The molecule has 3 heteroatoms. The third kappa shape index (κ3) is 4.36. The molecule has 0 saturated carbocycles. The van der Waals surface area contributed by atoms with E-state index in [4.69, 9.17) is 4.99 Å². The average molecular weight is 279 g/mol. The van der Waals surface area contributed by atoms with Crippen LogP contribution in [0.15, 0.2) is 96.0 Å². The summed E-state index contributed by atoms with van der Waals surface area (Å²) in [5.41, 5.74) is 3.01. The third-order valence-corrected chi connectivity index (χ3v) is 3.08. The van der Waals surface area contributed by atoms with Crippen LogP contribution >= 0.6 is 0 Å². The van der Waals surface area contributed by atoms with Crippen molar-refractivity contribution < 1.29 is 0 Å². The molecule has 0 aromatic heterocycles. The zero-order chi connectivity index (χ0) is 14.3. The maximum Gasteiger partial charge on any atom is 0.138 e. The smallest absolute Gasteiger partial charge is 0.138 e. The summed E-state index contributed by atoms with van der Waals surface area (Å²) in [4.78, 5) is 4.73. The quantitative estimate of drug-likeness (QED) is 0.426. The van der Waals surface area contributed by atoms with Gasteiger partial charge in [0.15, 0.2) is 0 Å². The summed E-state index contributed by atoms with van der Waals surface area (Å²) < 4.78 is 0. The van der Waals surface area contributed by atoms with Crippen LogP contribution in [0.4, 0.5) is 11.4 Å². The molecule has 3 rings (SSSR count). The average Bonchev–Trinajstić information content (AvgIpc) is 2.57. The van der Waals surface area contributed by atoms with Crippen LogP contribution in [-0.2, 0) is 0 Å². The second-order valence-corrected chi connectivity index (χ2v) is 4.65. The third-order valence-electron chi connectivity index (χ3n) is 3.08. The minimum absolute atomic E-state index is 0. The van der Waals surface area contributed by atoms with Gasteiger partial charge in [-0.15, -0.1) is 0 Å². The van der Waals surface area contributed by atoms with E-state index in [2.05, 4.69) is 17.4 Å². The van der Waals surface area contributed by atoms with Gasteiger partial charge < -0.3 is 5.32 Å². The van der Waals surface area contributed by atoms with E-state index in [-0.39, 0.29) is 18.9 Å². The second kappa shape index (κ2) is 8.24. The maximum atomic E-state index is 4.73. The second-order valence-electron chi connectivity index (χ2n) is 4.65. The van der Waals surface area contributed by atoms with E-state index in [1.807, 2.05) is 78.9 Å². The van der Waals surface area contributed by atoms with Crippen LogP contribution in [0.1, 0.15) is 5.56 Å². The van der Waals surface area contributed by atoms with E-state index in [0.717, 1.165) is 22.8 Å². The molecule has 0 spiro atoms. The Morgan fingerprint density at radius 2 is 1.14 bits per heavy atom. The molecule has 3 aromatic carbocycles. The Morgan fingerprint density at radius 1 is 0.636 bits per heavy atom. The molecule has 0 bridgehead atoms. The number of hydrogen-bond acceptors (Lipinski definition) is 1. The van der Waals surface area contributed by atoms with Crippen molar-refractivity contribution >= 4 is 36.1 Å². The number of hydrogen-bond donors (Lipinski definition) is 1. The monoisotopic (exact) mass is 279 g/mol. The maximum absolute atomic E-state index is 4.73. The topological polar surface area (TPSA) is 24.4 Å². The first-order valence-corrected chi connectivity index (χ1v) is 6.93. The van der Waals surface area contributed by atoms with Crippen molar-refractivity contribution in [1.82, 2.24) is 0 Å². The Balaban J connectivity index is 0.00000176. The molecule has 0 aliphatic rings. The molecule has 0 heterocycles. The van der Waals surface area contributed by atoms with Crippen LogP contribution in [0.3, 0.4) is 0 Å². The molecular formula is C19H16LiN2. The Kier molecular flexibility index (Phi) is 6.03. The predicted molar refractivity (Wildman–Crippen MR) is 94.9 cm³/mol. The zero-order valence-corrected chi connectivity index (χ0v) is 12.6. The number of anilines is 1. The van der Waals surface area contributed by atoms with Gasteiger partial charge >= 0.3 is 0 Å². The minimum Gasteiger partial charge on any atom is -0.340 e. The van der Waals surface area contributed by atoms with Gasteiger partial charge in [-0.1, -0.05) is 66.7 Å². The number of rotatable bonds is 3. The molecule has 0 aliphatic heterocycles. The van der Waals surface area contributed by atoms with Gasteiger partial charge in [0.1, 0.15) is 5.84 Å². The van der Waals surface area contributed by atoms with Crippen LogP contribution in [-0.4, -0.2) is 24.7 Å². The molecule has 0 fully saturated rings. The van der Waals surface area contributed by atoms with Gasteiger partial charge in [-0.2, -0.15) is 0 Å². The summed E-state index contributed by atoms with van der Waals surface area (Å²) in [6, 6.07) is 30.2. The molecule has 1 N–H and O–H groups in total.